The minimum atomic E-state index is -4.91. The van der Waals surface area contributed by atoms with Crippen LogP contribution in [0.25, 0.3) is 10.8 Å². The minimum Gasteiger partial charge on any atom is -0.399 e. The molecular formula is C25H17Cl2F6N3O3. The van der Waals surface area contributed by atoms with E-state index in [4.69, 9.17) is 28.0 Å². The molecule has 6 nitrogen and oxygen atoms in total. The summed E-state index contributed by atoms with van der Waals surface area (Å²) in [5.41, 5.74) is -4.43. The molecule has 1 atom stereocenters. The first-order valence-corrected chi connectivity index (χ1v) is 11.8. The zero-order chi connectivity index (χ0) is 28.6. The highest BCUT2D eigenvalue weighted by Crippen LogP contribution is 2.50. The van der Waals surface area contributed by atoms with Gasteiger partial charge in [-0.2, -0.15) is 26.3 Å². The fourth-order valence-corrected chi connectivity index (χ4v) is 4.66. The number of alkyl halides is 6. The van der Waals surface area contributed by atoms with Crippen molar-refractivity contribution >= 4 is 51.3 Å². The first kappa shape index (κ1) is 28.5. The predicted molar refractivity (Wildman–Crippen MR) is 133 cm³/mol. The van der Waals surface area contributed by atoms with Crippen molar-refractivity contribution < 1.29 is 40.8 Å². The topological polar surface area (TPSA) is 72.3 Å². The molecule has 0 aromatic heterocycles. The molecule has 39 heavy (non-hydrogen) atoms. The molecule has 14 heteroatoms. The monoisotopic (exact) mass is 591 g/mol. The maximum atomic E-state index is 14.4. The number of amides is 1. The van der Waals surface area contributed by atoms with Gasteiger partial charge >= 0.3 is 12.4 Å². The molecule has 1 N–H and O–H groups in total. The molecule has 1 amide bonds. The van der Waals surface area contributed by atoms with Crippen LogP contribution in [0.2, 0.25) is 10.0 Å². The van der Waals surface area contributed by atoms with Gasteiger partial charge < -0.3 is 15.0 Å². The smallest absolute Gasteiger partial charge is 0.399 e. The van der Waals surface area contributed by atoms with Gasteiger partial charge in [0, 0.05) is 33.2 Å². The van der Waals surface area contributed by atoms with E-state index in [2.05, 4.69) is 20.5 Å². The lowest BCUT2D eigenvalue weighted by atomic mass is 9.85. The van der Waals surface area contributed by atoms with E-state index in [-0.39, 0.29) is 37.8 Å². The SMILES string of the molecule is CO/N=C(/CNC(=O)c1ccc(C2=NOC(c3cc(Cl)cc(Cl)c3)(C(F)(F)F)C2)c2ccccc12)C(F)(F)F. The van der Waals surface area contributed by atoms with E-state index in [1.54, 1.807) is 18.2 Å². The number of benzene rings is 3. The average molecular weight is 592 g/mol. The molecule has 206 valence electrons. The van der Waals surface area contributed by atoms with Crippen molar-refractivity contribution in [1.82, 2.24) is 5.32 Å². The van der Waals surface area contributed by atoms with Gasteiger partial charge in [-0.25, -0.2) is 0 Å². The molecular weight excluding hydrogens is 575 g/mol. The summed E-state index contributed by atoms with van der Waals surface area (Å²) in [6.45, 7) is -0.969. The van der Waals surface area contributed by atoms with Crippen molar-refractivity contribution in [2.75, 3.05) is 13.7 Å². The highest BCUT2D eigenvalue weighted by Gasteiger charge is 2.62. The lowest BCUT2D eigenvalue weighted by Gasteiger charge is -2.29. The standard InChI is InChI=1S/C25H17Cl2F6N3O3/c1-38-36-21(24(28,29)30)12-34-22(37)19-7-6-18(16-4-2-3-5-17(16)19)20-11-23(39-35-20,25(31,32)33)13-8-14(26)10-15(27)9-13/h2-10H,11-12H2,1H3,(H,34,37)/b36-21-. The van der Waals surface area contributed by atoms with E-state index >= 15 is 0 Å². The second-order valence-corrected chi connectivity index (χ2v) is 9.27. The fourth-order valence-electron chi connectivity index (χ4n) is 4.14. The molecule has 1 aliphatic heterocycles. The molecule has 0 radical (unpaired) electrons. The van der Waals surface area contributed by atoms with Gasteiger partial charge in [0.1, 0.15) is 7.11 Å². The van der Waals surface area contributed by atoms with Crippen LogP contribution in [0, 0.1) is 0 Å². The van der Waals surface area contributed by atoms with Crippen LogP contribution in [-0.2, 0) is 15.3 Å². The Balaban J connectivity index is 1.69. The molecule has 3 aromatic rings. The molecule has 4 rings (SSSR count). The zero-order valence-electron chi connectivity index (χ0n) is 19.8. The number of nitrogens with one attached hydrogen (secondary N) is 1. The van der Waals surface area contributed by atoms with Gasteiger partial charge in [-0.15, -0.1) is 0 Å². The van der Waals surface area contributed by atoms with Crippen molar-refractivity contribution in [3.8, 4) is 0 Å². The Morgan fingerprint density at radius 3 is 2.28 bits per heavy atom. The largest absolute Gasteiger partial charge is 0.435 e. The Morgan fingerprint density at radius 1 is 1.05 bits per heavy atom. The molecule has 0 spiro atoms. The quantitative estimate of drug-likeness (QED) is 0.190. The molecule has 0 aliphatic carbocycles. The maximum absolute atomic E-state index is 14.4. The number of rotatable bonds is 6. The number of carbonyl (C=O) groups is 1. The summed E-state index contributed by atoms with van der Waals surface area (Å²) in [6, 6.07) is 12.3. The van der Waals surface area contributed by atoms with Crippen LogP contribution in [0.1, 0.15) is 27.9 Å². The third kappa shape index (κ3) is 5.62. The van der Waals surface area contributed by atoms with Gasteiger partial charge in [0.25, 0.3) is 11.5 Å². The Bertz CT molecular complexity index is 1470. The summed E-state index contributed by atoms with van der Waals surface area (Å²) < 4.78 is 82.4. The average Bonchev–Trinajstić information content (AvgIpc) is 3.31. The minimum absolute atomic E-state index is 0.0171. The number of carbonyl (C=O) groups excluding carboxylic acids is 1. The molecule has 1 heterocycles. The summed E-state index contributed by atoms with van der Waals surface area (Å²) >= 11 is 11.9. The fraction of sp³-hybridized carbons (Fsp3) is 0.240. The highest BCUT2D eigenvalue weighted by molar-refractivity contribution is 6.34. The lowest BCUT2D eigenvalue weighted by molar-refractivity contribution is -0.275. The Hall–Kier alpha value is -3.51. The number of halogens is 8. The van der Waals surface area contributed by atoms with Crippen LogP contribution < -0.4 is 5.32 Å². The second-order valence-electron chi connectivity index (χ2n) is 8.40. The Labute approximate surface area is 227 Å². The Kier molecular flexibility index (Phi) is 7.72. The number of fused-ring (bicyclic) bond motifs is 1. The molecule has 0 saturated heterocycles. The third-order valence-corrected chi connectivity index (χ3v) is 6.38. The van der Waals surface area contributed by atoms with Crippen LogP contribution in [-0.4, -0.2) is 43.3 Å². The number of hydrogen-bond acceptors (Lipinski definition) is 5. The summed E-state index contributed by atoms with van der Waals surface area (Å²) in [4.78, 5) is 22.1. The highest BCUT2D eigenvalue weighted by atomic mass is 35.5. The summed E-state index contributed by atoms with van der Waals surface area (Å²) in [5.74, 6) is -0.867. The van der Waals surface area contributed by atoms with Crippen molar-refractivity contribution in [2.45, 2.75) is 24.4 Å². The van der Waals surface area contributed by atoms with Crippen LogP contribution in [0.15, 0.2) is 64.9 Å². The van der Waals surface area contributed by atoms with E-state index in [1.165, 1.54) is 24.3 Å². The zero-order valence-corrected chi connectivity index (χ0v) is 21.3. The summed E-state index contributed by atoms with van der Waals surface area (Å²) in [5, 5.41) is 9.33. The van der Waals surface area contributed by atoms with Gasteiger partial charge in [0.2, 0.25) is 0 Å². The first-order chi connectivity index (χ1) is 18.3. The van der Waals surface area contributed by atoms with E-state index in [1.807, 2.05) is 0 Å². The number of hydrogen-bond donors (Lipinski definition) is 1. The summed E-state index contributed by atoms with van der Waals surface area (Å²) in [7, 11) is 0.934. The van der Waals surface area contributed by atoms with Gasteiger partial charge in [0.05, 0.1) is 12.3 Å². The second kappa shape index (κ2) is 10.6. The van der Waals surface area contributed by atoms with E-state index in [0.717, 1.165) is 19.2 Å². The number of oxime groups is 2. The van der Waals surface area contributed by atoms with Crippen LogP contribution in [0.5, 0.6) is 0 Å². The van der Waals surface area contributed by atoms with Crippen molar-refractivity contribution in [3.05, 3.63) is 81.3 Å². The number of nitrogens with zero attached hydrogens (tertiary/aromatic N) is 2. The summed E-state index contributed by atoms with van der Waals surface area (Å²) in [6.07, 6.45) is -10.5. The molecule has 0 fully saturated rings. The third-order valence-electron chi connectivity index (χ3n) is 5.94. The van der Waals surface area contributed by atoms with Crippen molar-refractivity contribution in [2.24, 2.45) is 10.3 Å². The van der Waals surface area contributed by atoms with Crippen LogP contribution in [0.3, 0.4) is 0 Å². The van der Waals surface area contributed by atoms with E-state index in [0.29, 0.717) is 5.39 Å². The van der Waals surface area contributed by atoms with Gasteiger partial charge in [-0.3, -0.25) is 4.79 Å². The van der Waals surface area contributed by atoms with Crippen LogP contribution >= 0.6 is 23.2 Å². The van der Waals surface area contributed by atoms with Gasteiger partial charge in [-0.1, -0.05) is 63.8 Å². The lowest BCUT2D eigenvalue weighted by Crippen LogP contribution is -2.42. The van der Waals surface area contributed by atoms with E-state index < -0.39 is 42.5 Å². The maximum Gasteiger partial charge on any atom is 0.435 e. The molecule has 0 saturated carbocycles. The van der Waals surface area contributed by atoms with Crippen LogP contribution in [0.4, 0.5) is 26.3 Å². The van der Waals surface area contributed by atoms with Gasteiger partial charge in [-0.05, 0) is 35.0 Å². The predicted octanol–water partition coefficient (Wildman–Crippen LogP) is 7.02. The van der Waals surface area contributed by atoms with Gasteiger partial charge in [0.15, 0.2) is 5.71 Å². The molecule has 1 unspecified atom stereocenters. The molecule has 0 bridgehead atoms. The molecule has 1 aliphatic rings. The molecule has 3 aromatic carbocycles. The normalized spacial score (nSPS) is 18.1. The van der Waals surface area contributed by atoms with Crippen molar-refractivity contribution in [1.29, 1.82) is 0 Å². The van der Waals surface area contributed by atoms with E-state index in [9.17, 15) is 31.1 Å². The Morgan fingerprint density at radius 2 is 1.69 bits per heavy atom. The van der Waals surface area contributed by atoms with Crippen molar-refractivity contribution in [3.63, 3.8) is 0 Å². The first-order valence-electron chi connectivity index (χ1n) is 11.0.